The maximum Gasteiger partial charge on any atom is 0.169 e. The molecule has 0 saturated carbocycles. The van der Waals surface area contributed by atoms with Gasteiger partial charge in [0.1, 0.15) is 5.82 Å². The number of rotatable bonds is 6. The first-order valence-corrected chi connectivity index (χ1v) is 9.25. The summed E-state index contributed by atoms with van der Waals surface area (Å²) in [6.45, 7) is 1.79. The number of nitrogens with one attached hydrogen (secondary N) is 1. The van der Waals surface area contributed by atoms with Crippen LogP contribution in [0.4, 0.5) is 4.39 Å². The van der Waals surface area contributed by atoms with Crippen LogP contribution in [0, 0.1) is 11.7 Å². The second-order valence-corrected chi connectivity index (χ2v) is 7.26. The van der Waals surface area contributed by atoms with E-state index in [0.717, 1.165) is 0 Å². The molecule has 4 nitrogen and oxygen atoms in total. The molecule has 0 radical (unpaired) electrons. The summed E-state index contributed by atoms with van der Waals surface area (Å²) in [6.07, 6.45) is -0.281. The molecule has 0 aromatic heterocycles. The average molecular weight is 387 g/mol. The number of hydrogen-bond donors (Lipinski definition) is 2. The molecule has 0 amide bonds. The van der Waals surface area contributed by atoms with Crippen molar-refractivity contribution in [3.05, 3.63) is 71.5 Å². The Morgan fingerprint density at radius 2 is 1.93 bits per heavy atom. The highest BCUT2D eigenvalue weighted by atomic mass is 32.1. The monoisotopic (exact) mass is 387 g/mol. The van der Waals surface area contributed by atoms with Crippen LogP contribution < -0.4 is 5.32 Å². The van der Waals surface area contributed by atoms with Gasteiger partial charge in [-0.2, -0.15) is 0 Å². The molecule has 6 heteroatoms. The molecule has 0 unspecified atom stereocenters. The normalized spacial score (nSPS) is 24.6. The SMILES string of the molecule is C[C@H]1OC[C@@](NC(=S)CC(=O)c2ccccc2)(c2ccccc2F)[C@@H]1CO. The van der Waals surface area contributed by atoms with E-state index in [0.29, 0.717) is 16.1 Å². The van der Waals surface area contributed by atoms with E-state index in [9.17, 15) is 14.3 Å². The molecule has 2 aromatic rings. The van der Waals surface area contributed by atoms with E-state index >= 15 is 0 Å². The highest BCUT2D eigenvalue weighted by Gasteiger charge is 2.50. The summed E-state index contributed by atoms with van der Waals surface area (Å²) in [4.78, 5) is 12.8. The second-order valence-electron chi connectivity index (χ2n) is 6.77. The van der Waals surface area contributed by atoms with Gasteiger partial charge in [0.25, 0.3) is 0 Å². The number of halogens is 1. The molecule has 1 aliphatic rings. The average Bonchev–Trinajstić information content (AvgIpc) is 2.98. The van der Waals surface area contributed by atoms with Crippen LogP contribution in [0.3, 0.4) is 0 Å². The van der Waals surface area contributed by atoms with Crippen molar-refractivity contribution < 1.29 is 19.0 Å². The molecule has 1 fully saturated rings. The van der Waals surface area contributed by atoms with Crippen molar-refractivity contribution in [3.8, 4) is 0 Å². The van der Waals surface area contributed by atoms with Crippen LogP contribution in [0.25, 0.3) is 0 Å². The number of aliphatic hydroxyl groups is 1. The molecule has 3 atom stereocenters. The van der Waals surface area contributed by atoms with Gasteiger partial charge in [-0.3, -0.25) is 4.79 Å². The van der Waals surface area contributed by atoms with Crippen LogP contribution in [0.15, 0.2) is 54.6 Å². The van der Waals surface area contributed by atoms with E-state index in [1.165, 1.54) is 6.07 Å². The van der Waals surface area contributed by atoms with Gasteiger partial charge < -0.3 is 15.2 Å². The largest absolute Gasteiger partial charge is 0.396 e. The maximum absolute atomic E-state index is 14.6. The zero-order valence-electron chi connectivity index (χ0n) is 15.0. The van der Waals surface area contributed by atoms with Crippen molar-refractivity contribution in [3.63, 3.8) is 0 Å². The summed E-state index contributed by atoms with van der Waals surface area (Å²) in [5.41, 5.74) is -0.0765. The summed E-state index contributed by atoms with van der Waals surface area (Å²) in [5.74, 6) is -0.929. The number of hydrogen-bond acceptors (Lipinski definition) is 4. The van der Waals surface area contributed by atoms with Gasteiger partial charge >= 0.3 is 0 Å². The van der Waals surface area contributed by atoms with Crippen molar-refractivity contribution in [1.29, 1.82) is 0 Å². The third kappa shape index (κ3) is 3.93. The van der Waals surface area contributed by atoms with Crippen molar-refractivity contribution in [1.82, 2.24) is 5.32 Å². The van der Waals surface area contributed by atoms with Gasteiger partial charge in [-0.1, -0.05) is 60.7 Å². The van der Waals surface area contributed by atoms with E-state index < -0.39 is 17.3 Å². The lowest BCUT2D eigenvalue weighted by molar-refractivity contribution is 0.0860. The number of carbonyl (C=O) groups is 1. The van der Waals surface area contributed by atoms with Gasteiger partial charge in [0, 0.05) is 17.0 Å². The van der Waals surface area contributed by atoms with Gasteiger partial charge in [0.05, 0.1) is 36.3 Å². The lowest BCUT2D eigenvalue weighted by atomic mass is 9.78. The number of carbonyl (C=O) groups excluding carboxylic acids is 1. The Bertz CT molecular complexity index is 829. The van der Waals surface area contributed by atoms with Gasteiger partial charge in [0.15, 0.2) is 5.78 Å². The first kappa shape index (κ1) is 19.6. The summed E-state index contributed by atoms with van der Waals surface area (Å²) in [6, 6.07) is 15.3. The minimum Gasteiger partial charge on any atom is -0.396 e. The number of thiocarbonyl (C=S) groups is 1. The molecular weight excluding hydrogens is 365 g/mol. The van der Waals surface area contributed by atoms with Gasteiger partial charge in [-0.05, 0) is 13.0 Å². The van der Waals surface area contributed by atoms with E-state index in [2.05, 4.69) is 5.32 Å². The fourth-order valence-electron chi connectivity index (χ4n) is 3.65. The molecule has 27 heavy (non-hydrogen) atoms. The predicted octanol–water partition coefficient (Wildman–Crippen LogP) is 3.24. The predicted molar refractivity (Wildman–Crippen MR) is 105 cm³/mol. The summed E-state index contributed by atoms with van der Waals surface area (Å²) < 4.78 is 20.4. The quantitative estimate of drug-likeness (QED) is 0.589. The molecule has 1 saturated heterocycles. The standard InChI is InChI=1S/C21H22FNO3S/c1-14-17(12-24)21(13-26-14,16-9-5-6-10-18(16)22)23-20(27)11-19(25)15-7-3-2-4-8-15/h2-10,14,17,24H,11-13H2,1H3,(H,23,27)/t14-,17-,21-/m1/s1. The van der Waals surface area contributed by atoms with Crippen LogP contribution in [-0.2, 0) is 10.3 Å². The number of Topliss-reactive ketones (excluding diaryl/α,β-unsaturated/α-hetero) is 1. The highest BCUT2D eigenvalue weighted by Crippen LogP contribution is 2.40. The van der Waals surface area contributed by atoms with Crippen LogP contribution >= 0.6 is 12.2 Å². The molecule has 142 valence electrons. The Labute approximate surface area is 163 Å². The van der Waals surface area contributed by atoms with E-state index in [1.54, 1.807) is 42.5 Å². The van der Waals surface area contributed by atoms with Crippen LogP contribution in [0.1, 0.15) is 29.3 Å². The first-order chi connectivity index (χ1) is 13.0. The molecular formula is C21H22FNO3S. The molecule has 0 aliphatic carbocycles. The smallest absolute Gasteiger partial charge is 0.169 e. The zero-order valence-corrected chi connectivity index (χ0v) is 15.8. The molecule has 3 rings (SSSR count). The number of ketones is 1. The second kappa shape index (κ2) is 8.25. The highest BCUT2D eigenvalue weighted by molar-refractivity contribution is 7.80. The Morgan fingerprint density at radius 1 is 1.26 bits per heavy atom. The third-order valence-corrected chi connectivity index (χ3v) is 5.35. The van der Waals surface area contributed by atoms with Crippen molar-refractivity contribution in [2.24, 2.45) is 5.92 Å². The van der Waals surface area contributed by atoms with E-state index in [-0.39, 0.29) is 31.5 Å². The van der Waals surface area contributed by atoms with Crippen LogP contribution in [0.5, 0.6) is 0 Å². The first-order valence-electron chi connectivity index (χ1n) is 8.84. The summed E-state index contributed by atoms with van der Waals surface area (Å²) >= 11 is 5.43. The minimum absolute atomic E-state index is 0.00206. The van der Waals surface area contributed by atoms with E-state index in [4.69, 9.17) is 17.0 Å². The Balaban J connectivity index is 1.88. The Morgan fingerprint density at radius 3 is 2.59 bits per heavy atom. The van der Waals surface area contributed by atoms with E-state index in [1.807, 2.05) is 13.0 Å². The zero-order chi connectivity index (χ0) is 19.4. The van der Waals surface area contributed by atoms with Gasteiger partial charge in [-0.15, -0.1) is 0 Å². The molecule has 2 aromatic carbocycles. The van der Waals surface area contributed by atoms with Crippen molar-refractivity contribution in [2.45, 2.75) is 25.0 Å². The lowest BCUT2D eigenvalue weighted by Gasteiger charge is -2.36. The number of aliphatic hydroxyl groups excluding tert-OH is 1. The molecule has 0 bridgehead atoms. The Kier molecular flexibility index (Phi) is 5.99. The third-order valence-electron chi connectivity index (χ3n) is 5.10. The molecule has 1 aliphatic heterocycles. The van der Waals surface area contributed by atoms with Crippen LogP contribution in [0.2, 0.25) is 0 Å². The van der Waals surface area contributed by atoms with Crippen LogP contribution in [-0.4, -0.2) is 35.2 Å². The topological polar surface area (TPSA) is 58.6 Å². The number of ether oxygens (including phenoxy) is 1. The summed E-state index contributed by atoms with van der Waals surface area (Å²) in [7, 11) is 0. The van der Waals surface area contributed by atoms with Crippen molar-refractivity contribution in [2.75, 3.05) is 13.2 Å². The van der Waals surface area contributed by atoms with Gasteiger partial charge in [-0.25, -0.2) is 4.39 Å². The van der Waals surface area contributed by atoms with Gasteiger partial charge in [0.2, 0.25) is 0 Å². The lowest BCUT2D eigenvalue weighted by Crippen LogP contribution is -2.53. The molecule has 0 spiro atoms. The summed E-state index contributed by atoms with van der Waals surface area (Å²) in [5, 5.41) is 13.1. The Hall–Kier alpha value is -2.15. The molecule has 1 heterocycles. The van der Waals surface area contributed by atoms with Crippen molar-refractivity contribution >= 4 is 23.0 Å². The number of benzene rings is 2. The fourth-order valence-corrected chi connectivity index (χ4v) is 3.97. The maximum atomic E-state index is 14.6. The minimum atomic E-state index is -1.02. The molecule has 2 N–H and O–H groups in total. The fraction of sp³-hybridized carbons (Fsp3) is 0.333.